The number of benzene rings is 1. The number of aliphatic hydroxyl groups is 2. The standard InChI is InChI=1S/C17H18N2O6/c1-9-6-19(16(23)18-14(9)22)15-13(21)17(12(7-20)25-15)11-5-3-2-4-10(11)8-24-17/h2-6,12-13,15,20-21H,7-8H2,1H3,(H,18,22,23)/t12-,13+,15-,17-/m1/s1. The minimum absolute atomic E-state index is 0.277. The molecule has 0 amide bonds. The summed E-state index contributed by atoms with van der Waals surface area (Å²) in [6.45, 7) is 1.44. The van der Waals surface area contributed by atoms with Gasteiger partial charge in [0.05, 0.1) is 13.2 Å². The lowest BCUT2D eigenvalue weighted by Crippen LogP contribution is -2.47. The predicted molar refractivity (Wildman–Crippen MR) is 86.0 cm³/mol. The van der Waals surface area contributed by atoms with Crippen molar-refractivity contribution in [2.75, 3.05) is 6.61 Å². The van der Waals surface area contributed by atoms with Crippen LogP contribution in [0.1, 0.15) is 22.9 Å². The van der Waals surface area contributed by atoms with Gasteiger partial charge in [0.25, 0.3) is 5.56 Å². The first-order valence-corrected chi connectivity index (χ1v) is 7.98. The second-order valence-electron chi connectivity index (χ2n) is 6.36. The first kappa shape index (κ1) is 16.2. The van der Waals surface area contributed by atoms with Crippen LogP contribution in [0.3, 0.4) is 0 Å². The molecule has 8 heteroatoms. The topological polar surface area (TPSA) is 114 Å². The number of aromatic amines is 1. The highest BCUT2D eigenvalue weighted by Crippen LogP contribution is 2.51. The van der Waals surface area contributed by atoms with Crippen LogP contribution in [0, 0.1) is 6.92 Å². The zero-order valence-electron chi connectivity index (χ0n) is 13.5. The summed E-state index contributed by atoms with van der Waals surface area (Å²) in [5.41, 5.74) is -0.513. The fourth-order valence-corrected chi connectivity index (χ4v) is 3.73. The first-order valence-electron chi connectivity index (χ1n) is 7.98. The summed E-state index contributed by atoms with van der Waals surface area (Å²) in [7, 11) is 0. The quantitative estimate of drug-likeness (QED) is 0.677. The van der Waals surface area contributed by atoms with Crippen LogP contribution >= 0.6 is 0 Å². The maximum atomic E-state index is 12.2. The summed E-state index contributed by atoms with van der Waals surface area (Å²) >= 11 is 0. The molecule has 3 N–H and O–H groups in total. The molecule has 0 unspecified atom stereocenters. The summed E-state index contributed by atoms with van der Waals surface area (Å²) in [5.74, 6) is 0. The number of hydrogen-bond donors (Lipinski definition) is 3. The lowest BCUT2D eigenvalue weighted by molar-refractivity contribution is -0.135. The largest absolute Gasteiger partial charge is 0.394 e. The van der Waals surface area contributed by atoms with E-state index in [9.17, 15) is 19.8 Å². The Hall–Kier alpha value is -2.26. The van der Waals surface area contributed by atoms with Gasteiger partial charge in [-0.25, -0.2) is 4.79 Å². The van der Waals surface area contributed by atoms with Gasteiger partial charge in [-0.05, 0) is 18.1 Å². The Bertz CT molecular complexity index is 935. The number of aryl methyl sites for hydroxylation is 1. The number of aliphatic hydroxyl groups excluding tert-OH is 2. The Morgan fingerprint density at radius 1 is 1.36 bits per heavy atom. The van der Waals surface area contributed by atoms with Crippen LogP contribution in [0.4, 0.5) is 0 Å². The Balaban J connectivity index is 1.84. The highest BCUT2D eigenvalue weighted by Gasteiger charge is 2.61. The zero-order valence-corrected chi connectivity index (χ0v) is 13.5. The Kier molecular flexibility index (Phi) is 3.66. The summed E-state index contributed by atoms with van der Waals surface area (Å²) in [6.07, 6.45) is -1.85. The molecule has 25 heavy (non-hydrogen) atoms. The van der Waals surface area contributed by atoms with Gasteiger partial charge in [0, 0.05) is 11.8 Å². The van der Waals surface area contributed by atoms with Crippen molar-refractivity contribution in [2.45, 2.75) is 37.6 Å². The third-order valence-electron chi connectivity index (χ3n) is 4.98. The minimum Gasteiger partial charge on any atom is -0.394 e. The second-order valence-corrected chi connectivity index (χ2v) is 6.36. The van der Waals surface area contributed by atoms with Crippen LogP contribution in [0.15, 0.2) is 40.1 Å². The van der Waals surface area contributed by atoms with E-state index in [0.29, 0.717) is 5.56 Å². The number of nitrogens with zero attached hydrogens (tertiary/aromatic N) is 1. The highest BCUT2D eigenvalue weighted by molar-refractivity contribution is 5.39. The van der Waals surface area contributed by atoms with E-state index in [0.717, 1.165) is 15.7 Å². The van der Waals surface area contributed by atoms with Crippen molar-refractivity contribution in [2.24, 2.45) is 0 Å². The van der Waals surface area contributed by atoms with E-state index in [4.69, 9.17) is 9.47 Å². The number of aromatic nitrogens is 2. The SMILES string of the molecule is Cc1cn([C@@H]2O[C@H](CO)[C@@]3(OCc4ccccc43)[C@H]2O)c(=O)[nH]c1=O. The van der Waals surface area contributed by atoms with E-state index < -0.39 is 35.3 Å². The number of ether oxygens (including phenoxy) is 2. The van der Waals surface area contributed by atoms with Gasteiger partial charge in [0.1, 0.15) is 12.2 Å². The van der Waals surface area contributed by atoms with Crippen LogP contribution in [-0.2, 0) is 21.7 Å². The highest BCUT2D eigenvalue weighted by atomic mass is 16.6. The van der Waals surface area contributed by atoms with E-state index in [1.807, 2.05) is 24.3 Å². The van der Waals surface area contributed by atoms with Crippen molar-refractivity contribution in [1.29, 1.82) is 0 Å². The smallest absolute Gasteiger partial charge is 0.330 e. The number of nitrogens with one attached hydrogen (secondary N) is 1. The van der Waals surface area contributed by atoms with Crippen molar-refractivity contribution in [3.63, 3.8) is 0 Å². The molecule has 2 aliphatic heterocycles. The average molecular weight is 346 g/mol. The van der Waals surface area contributed by atoms with Gasteiger partial charge in [-0.1, -0.05) is 24.3 Å². The van der Waals surface area contributed by atoms with Crippen molar-refractivity contribution in [3.05, 3.63) is 68.0 Å². The van der Waals surface area contributed by atoms with Crippen molar-refractivity contribution < 1.29 is 19.7 Å². The molecule has 1 aromatic heterocycles. The van der Waals surface area contributed by atoms with Crippen molar-refractivity contribution in [3.8, 4) is 0 Å². The minimum atomic E-state index is -1.26. The molecule has 3 heterocycles. The van der Waals surface area contributed by atoms with E-state index in [1.54, 1.807) is 6.92 Å². The molecular weight excluding hydrogens is 328 g/mol. The molecule has 1 fully saturated rings. The van der Waals surface area contributed by atoms with Crippen molar-refractivity contribution >= 4 is 0 Å². The lowest BCUT2D eigenvalue weighted by Gasteiger charge is -2.31. The fourth-order valence-electron chi connectivity index (χ4n) is 3.73. The average Bonchev–Trinajstić information content (AvgIpc) is 3.12. The van der Waals surface area contributed by atoms with E-state index in [-0.39, 0.29) is 13.2 Å². The van der Waals surface area contributed by atoms with Crippen molar-refractivity contribution in [1.82, 2.24) is 9.55 Å². The van der Waals surface area contributed by atoms with E-state index >= 15 is 0 Å². The number of fused-ring (bicyclic) bond motifs is 2. The molecule has 132 valence electrons. The van der Waals surface area contributed by atoms with Crippen LogP contribution in [0.5, 0.6) is 0 Å². The van der Waals surface area contributed by atoms with Gasteiger partial charge in [-0.3, -0.25) is 14.3 Å². The molecule has 4 atom stereocenters. The third-order valence-corrected chi connectivity index (χ3v) is 4.98. The maximum Gasteiger partial charge on any atom is 0.330 e. The Labute approximate surface area is 142 Å². The van der Waals surface area contributed by atoms with Gasteiger partial charge in [-0.15, -0.1) is 0 Å². The number of hydrogen-bond acceptors (Lipinski definition) is 6. The number of rotatable bonds is 2. The predicted octanol–water partition coefficient (Wildman–Crippen LogP) is -0.479. The molecule has 1 spiro atoms. The van der Waals surface area contributed by atoms with E-state index in [2.05, 4.69) is 4.98 Å². The van der Waals surface area contributed by atoms with Crippen LogP contribution < -0.4 is 11.2 Å². The molecule has 0 radical (unpaired) electrons. The normalized spacial score (nSPS) is 30.8. The Morgan fingerprint density at radius 2 is 2.12 bits per heavy atom. The van der Waals surface area contributed by atoms with Gasteiger partial charge >= 0.3 is 5.69 Å². The van der Waals surface area contributed by atoms with Gasteiger partial charge in [0.15, 0.2) is 11.8 Å². The summed E-state index contributed by atoms with van der Waals surface area (Å²) in [6, 6.07) is 7.39. The number of H-pyrrole nitrogens is 1. The molecule has 0 bridgehead atoms. The van der Waals surface area contributed by atoms with Gasteiger partial charge in [-0.2, -0.15) is 0 Å². The third kappa shape index (κ3) is 2.15. The van der Waals surface area contributed by atoms with Crippen LogP contribution in [0.25, 0.3) is 0 Å². The summed E-state index contributed by atoms with van der Waals surface area (Å²) in [5, 5.41) is 20.8. The molecule has 0 aliphatic carbocycles. The lowest BCUT2D eigenvalue weighted by atomic mass is 9.84. The molecule has 1 saturated heterocycles. The molecular formula is C17H18N2O6. The molecule has 2 aromatic rings. The molecule has 2 aliphatic rings. The maximum absolute atomic E-state index is 12.2. The molecule has 8 nitrogen and oxygen atoms in total. The fraction of sp³-hybridized carbons (Fsp3) is 0.412. The molecule has 1 aromatic carbocycles. The molecule has 4 rings (SSSR count). The monoisotopic (exact) mass is 346 g/mol. The van der Waals surface area contributed by atoms with Gasteiger partial charge < -0.3 is 19.7 Å². The van der Waals surface area contributed by atoms with E-state index in [1.165, 1.54) is 6.20 Å². The van der Waals surface area contributed by atoms with Gasteiger partial charge in [0.2, 0.25) is 0 Å². The summed E-state index contributed by atoms with van der Waals surface area (Å²) < 4.78 is 12.8. The molecule has 0 saturated carbocycles. The zero-order chi connectivity index (χ0) is 17.8. The first-order chi connectivity index (χ1) is 12.0. The second kappa shape index (κ2) is 5.63. The summed E-state index contributed by atoms with van der Waals surface area (Å²) in [4.78, 5) is 26.0. The Morgan fingerprint density at radius 3 is 2.88 bits per heavy atom. The van der Waals surface area contributed by atoms with Crippen LogP contribution in [-0.4, -0.2) is 38.6 Å². The van der Waals surface area contributed by atoms with Crippen LogP contribution in [0.2, 0.25) is 0 Å².